The number of aromatic nitrogens is 1. The number of amides is 1. The summed E-state index contributed by atoms with van der Waals surface area (Å²) in [6.45, 7) is 2.97. The molecule has 0 aliphatic carbocycles. The number of carbonyl (C=O) groups is 1. The number of nitrogens with zero attached hydrogens (tertiary/aromatic N) is 1. The van der Waals surface area contributed by atoms with E-state index in [0.717, 1.165) is 0 Å². The number of ether oxygens (including phenoxy) is 1. The maximum Gasteiger partial charge on any atom is 0.263 e. The van der Waals surface area contributed by atoms with Crippen LogP contribution in [0.15, 0.2) is 0 Å². The number of thiazole rings is 1. The van der Waals surface area contributed by atoms with E-state index in [9.17, 15) is 4.79 Å². The molecule has 0 aromatic carbocycles. The summed E-state index contributed by atoms with van der Waals surface area (Å²) < 4.78 is 4.96. The molecule has 14 heavy (non-hydrogen) atoms. The summed E-state index contributed by atoms with van der Waals surface area (Å²) >= 11 is 1.21. The van der Waals surface area contributed by atoms with E-state index < -0.39 is 0 Å². The molecule has 1 fully saturated rings. The third kappa shape index (κ3) is 1.71. The third-order valence-corrected chi connectivity index (χ3v) is 2.98. The molecule has 76 valence electrons. The van der Waals surface area contributed by atoms with Crippen LogP contribution in [0.2, 0.25) is 0 Å². The zero-order valence-corrected chi connectivity index (χ0v) is 8.56. The van der Waals surface area contributed by atoms with E-state index in [1.165, 1.54) is 11.3 Å². The Bertz CT molecular complexity index is 359. The SMILES string of the molecule is Cc1nc(N)sc1C(=O)NC1COC1. The zero-order chi connectivity index (χ0) is 10.1. The van der Waals surface area contributed by atoms with Gasteiger partial charge in [-0.05, 0) is 6.92 Å². The Morgan fingerprint density at radius 3 is 2.86 bits per heavy atom. The number of rotatable bonds is 2. The summed E-state index contributed by atoms with van der Waals surface area (Å²) in [6, 6.07) is 0.144. The number of hydrogen-bond donors (Lipinski definition) is 2. The fraction of sp³-hybridized carbons (Fsp3) is 0.500. The Morgan fingerprint density at radius 1 is 1.71 bits per heavy atom. The topological polar surface area (TPSA) is 77.2 Å². The minimum atomic E-state index is -0.106. The van der Waals surface area contributed by atoms with E-state index in [0.29, 0.717) is 28.9 Å². The van der Waals surface area contributed by atoms with E-state index in [1.807, 2.05) is 0 Å². The molecule has 0 atom stereocenters. The van der Waals surface area contributed by atoms with Gasteiger partial charge in [0.2, 0.25) is 0 Å². The fourth-order valence-electron chi connectivity index (χ4n) is 1.20. The van der Waals surface area contributed by atoms with Crippen LogP contribution in [-0.4, -0.2) is 30.1 Å². The average molecular weight is 213 g/mol. The van der Waals surface area contributed by atoms with Gasteiger partial charge < -0.3 is 15.8 Å². The highest BCUT2D eigenvalue weighted by atomic mass is 32.1. The van der Waals surface area contributed by atoms with E-state index in [-0.39, 0.29) is 11.9 Å². The van der Waals surface area contributed by atoms with Crippen LogP contribution in [0.25, 0.3) is 0 Å². The van der Waals surface area contributed by atoms with Crippen LogP contribution < -0.4 is 11.1 Å². The van der Waals surface area contributed by atoms with Gasteiger partial charge in [0, 0.05) is 0 Å². The predicted octanol–water partition coefficient (Wildman–Crippen LogP) is 0.162. The third-order valence-electron chi connectivity index (χ3n) is 1.99. The van der Waals surface area contributed by atoms with Gasteiger partial charge in [0.1, 0.15) is 4.88 Å². The second-order valence-corrected chi connectivity index (χ2v) is 4.21. The van der Waals surface area contributed by atoms with Gasteiger partial charge in [0.05, 0.1) is 24.9 Å². The van der Waals surface area contributed by atoms with E-state index in [1.54, 1.807) is 6.92 Å². The Morgan fingerprint density at radius 2 is 2.43 bits per heavy atom. The van der Waals surface area contributed by atoms with Crippen molar-refractivity contribution in [2.75, 3.05) is 18.9 Å². The van der Waals surface area contributed by atoms with Crippen molar-refractivity contribution >= 4 is 22.4 Å². The second kappa shape index (κ2) is 3.55. The Hall–Kier alpha value is -1.14. The largest absolute Gasteiger partial charge is 0.377 e. The van der Waals surface area contributed by atoms with Crippen LogP contribution in [-0.2, 0) is 4.74 Å². The summed E-state index contributed by atoms with van der Waals surface area (Å²) in [5, 5.41) is 3.27. The molecule has 1 aliphatic heterocycles. The molecule has 1 saturated heterocycles. The fourth-order valence-corrected chi connectivity index (χ4v) is 1.93. The first-order valence-corrected chi connectivity index (χ1v) is 5.10. The van der Waals surface area contributed by atoms with Crippen molar-refractivity contribution in [3.63, 3.8) is 0 Å². The molecule has 0 radical (unpaired) electrons. The summed E-state index contributed by atoms with van der Waals surface area (Å²) in [7, 11) is 0. The quantitative estimate of drug-likeness (QED) is 0.733. The van der Waals surface area contributed by atoms with Crippen molar-refractivity contribution in [3.05, 3.63) is 10.6 Å². The van der Waals surface area contributed by atoms with Crippen LogP contribution in [0.5, 0.6) is 0 Å². The normalized spacial score (nSPS) is 16.4. The Kier molecular flexibility index (Phi) is 2.39. The minimum absolute atomic E-state index is 0.106. The van der Waals surface area contributed by atoms with Crippen molar-refractivity contribution < 1.29 is 9.53 Å². The molecule has 1 aromatic heterocycles. The van der Waals surface area contributed by atoms with Gasteiger partial charge in [-0.1, -0.05) is 11.3 Å². The first-order chi connectivity index (χ1) is 6.66. The number of aryl methyl sites for hydroxylation is 1. The predicted molar refractivity (Wildman–Crippen MR) is 53.3 cm³/mol. The van der Waals surface area contributed by atoms with E-state index >= 15 is 0 Å². The molecule has 1 aromatic rings. The maximum absolute atomic E-state index is 11.6. The smallest absolute Gasteiger partial charge is 0.263 e. The lowest BCUT2D eigenvalue weighted by molar-refractivity contribution is -0.00340. The van der Waals surface area contributed by atoms with Crippen LogP contribution in [0.3, 0.4) is 0 Å². The number of anilines is 1. The van der Waals surface area contributed by atoms with Crippen LogP contribution in [0, 0.1) is 6.92 Å². The number of nitrogens with one attached hydrogen (secondary N) is 1. The lowest BCUT2D eigenvalue weighted by Crippen LogP contribution is -2.48. The Labute approximate surface area is 85.3 Å². The van der Waals surface area contributed by atoms with Crippen LogP contribution >= 0.6 is 11.3 Å². The van der Waals surface area contributed by atoms with Gasteiger partial charge in [-0.3, -0.25) is 4.79 Å². The molecule has 0 spiro atoms. The standard InChI is InChI=1S/C8H11N3O2S/c1-4-6(14-8(9)10-4)7(12)11-5-2-13-3-5/h5H,2-3H2,1H3,(H2,9,10)(H,11,12). The number of carbonyl (C=O) groups excluding carboxylic acids is 1. The summed E-state index contributed by atoms with van der Waals surface area (Å²) in [4.78, 5) is 16.2. The van der Waals surface area contributed by atoms with Crippen molar-refractivity contribution in [1.82, 2.24) is 10.3 Å². The molecule has 1 aliphatic rings. The molecular formula is C8H11N3O2S. The lowest BCUT2D eigenvalue weighted by atomic mass is 10.2. The van der Waals surface area contributed by atoms with Gasteiger partial charge in [-0.25, -0.2) is 4.98 Å². The summed E-state index contributed by atoms with van der Waals surface area (Å²) in [5.41, 5.74) is 6.18. The highest BCUT2D eigenvalue weighted by Crippen LogP contribution is 2.19. The van der Waals surface area contributed by atoms with E-state index in [2.05, 4.69) is 10.3 Å². The monoisotopic (exact) mass is 213 g/mol. The average Bonchev–Trinajstić information content (AvgIpc) is 2.37. The number of nitrogen functional groups attached to an aromatic ring is 1. The molecule has 0 unspecified atom stereocenters. The van der Waals surface area contributed by atoms with Gasteiger partial charge in [-0.2, -0.15) is 0 Å². The highest BCUT2D eigenvalue weighted by Gasteiger charge is 2.23. The van der Waals surface area contributed by atoms with Crippen LogP contribution in [0.1, 0.15) is 15.4 Å². The van der Waals surface area contributed by atoms with Crippen molar-refractivity contribution in [1.29, 1.82) is 0 Å². The van der Waals surface area contributed by atoms with Gasteiger partial charge >= 0.3 is 0 Å². The van der Waals surface area contributed by atoms with Gasteiger partial charge in [0.25, 0.3) is 5.91 Å². The van der Waals surface area contributed by atoms with Gasteiger partial charge in [-0.15, -0.1) is 0 Å². The van der Waals surface area contributed by atoms with Crippen molar-refractivity contribution in [2.45, 2.75) is 13.0 Å². The molecule has 5 nitrogen and oxygen atoms in total. The van der Waals surface area contributed by atoms with E-state index in [4.69, 9.17) is 10.5 Å². The first-order valence-electron chi connectivity index (χ1n) is 4.28. The molecule has 2 heterocycles. The lowest BCUT2D eigenvalue weighted by Gasteiger charge is -2.26. The minimum Gasteiger partial charge on any atom is -0.377 e. The Balaban J connectivity index is 2.06. The number of nitrogens with two attached hydrogens (primary N) is 1. The van der Waals surface area contributed by atoms with Gasteiger partial charge in [0.15, 0.2) is 5.13 Å². The molecule has 0 bridgehead atoms. The first kappa shape index (κ1) is 9.42. The zero-order valence-electron chi connectivity index (χ0n) is 7.74. The molecule has 2 rings (SSSR count). The molecule has 3 N–H and O–H groups in total. The number of hydrogen-bond acceptors (Lipinski definition) is 5. The molecular weight excluding hydrogens is 202 g/mol. The maximum atomic E-state index is 11.6. The van der Waals surface area contributed by atoms with Crippen molar-refractivity contribution in [3.8, 4) is 0 Å². The molecule has 1 amide bonds. The second-order valence-electron chi connectivity index (χ2n) is 3.17. The highest BCUT2D eigenvalue weighted by molar-refractivity contribution is 7.17. The summed E-state index contributed by atoms with van der Waals surface area (Å²) in [5.74, 6) is -0.106. The van der Waals surface area contributed by atoms with Crippen molar-refractivity contribution in [2.24, 2.45) is 0 Å². The van der Waals surface area contributed by atoms with Crippen LogP contribution in [0.4, 0.5) is 5.13 Å². The molecule has 6 heteroatoms. The summed E-state index contributed by atoms with van der Waals surface area (Å²) in [6.07, 6.45) is 0. The molecule has 0 saturated carbocycles.